The Bertz CT molecular complexity index is 189. The Morgan fingerprint density at radius 1 is 1.13 bits per heavy atom. The van der Waals surface area contributed by atoms with Crippen LogP contribution in [0.15, 0.2) is 0 Å². The van der Waals surface area contributed by atoms with Crippen LogP contribution in [0.3, 0.4) is 0 Å². The quantitative estimate of drug-likeness (QED) is 0.756. The SMILES string of the molecule is CC(C)CN1C(C)(C)CCNCC1(C)C. The van der Waals surface area contributed by atoms with Crippen LogP contribution in [0.25, 0.3) is 0 Å². The standard InChI is InChI=1S/C13H28N2/c1-11(2)9-15-12(3,4)7-8-14-10-13(15,5)6/h11,14H,7-10H2,1-6H3. The molecule has 0 radical (unpaired) electrons. The van der Waals surface area contributed by atoms with Crippen LogP contribution in [0.1, 0.15) is 48.0 Å². The van der Waals surface area contributed by atoms with E-state index in [4.69, 9.17) is 0 Å². The van der Waals surface area contributed by atoms with Crippen LogP contribution in [0, 0.1) is 5.92 Å². The van der Waals surface area contributed by atoms with Gasteiger partial charge in [-0.1, -0.05) is 13.8 Å². The zero-order valence-corrected chi connectivity index (χ0v) is 11.4. The molecule has 2 heteroatoms. The lowest BCUT2D eigenvalue weighted by atomic mass is 9.90. The summed E-state index contributed by atoms with van der Waals surface area (Å²) in [6.45, 7) is 17.5. The van der Waals surface area contributed by atoms with Crippen molar-refractivity contribution < 1.29 is 0 Å². The highest BCUT2D eigenvalue weighted by Gasteiger charge is 2.39. The summed E-state index contributed by atoms with van der Waals surface area (Å²) in [5, 5.41) is 3.55. The van der Waals surface area contributed by atoms with Crippen molar-refractivity contribution in [1.82, 2.24) is 10.2 Å². The normalized spacial score (nSPS) is 26.6. The van der Waals surface area contributed by atoms with Gasteiger partial charge in [-0.15, -0.1) is 0 Å². The number of nitrogens with one attached hydrogen (secondary N) is 1. The van der Waals surface area contributed by atoms with Crippen molar-refractivity contribution in [3.05, 3.63) is 0 Å². The van der Waals surface area contributed by atoms with E-state index in [-0.39, 0.29) is 5.54 Å². The highest BCUT2D eigenvalue weighted by Crippen LogP contribution is 2.30. The zero-order valence-electron chi connectivity index (χ0n) is 11.4. The fourth-order valence-corrected chi connectivity index (χ4v) is 2.70. The predicted molar refractivity (Wildman–Crippen MR) is 67.2 cm³/mol. The third kappa shape index (κ3) is 3.18. The van der Waals surface area contributed by atoms with E-state index in [2.05, 4.69) is 51.8 Å². The second kappa shape index (κ2) is 4.42. The second-order valence-electron chi connectivity index (χ2n) is 6.56. The van der Waals surface area contributed by atoms with Crippen molar-refractivity contribution >= 4 is 0 Å². The van der Waals surface area contributed by atoms with E-state index < -0.39 is 0 Å². The summed E-state index contributed by atoms with van der Waals surface area (Å²) in [7, 11) is 0. The number of hydrogen-bond acceptors (Lipinski definition) is 2. The molecule has 0 spiro atoms. The second-order valence-corrected chi connectivity index (χ2v) is 6.56. The minimum atomic E-state index is 0.268. The highest BCUT2D eigenvalue weighted by molar-refractivity contribution is 4.96. The van der Waals surface area contributed by atoms with Crippen molar-refractivity contribution in [2.75, 3.05) is 19.6 Å². The lowest BCUT2D eigenvalue weighted by molar-refractivity contribution is 0.0168. The van der Waals surface area contributed by atoms with Gasteiger partial charge in [-0.05, 0) is 46.6 Å². The van der Waals surface area contributed by atoms with Gasteiger partial charge in [-0.2, -0.15) is 0 Å². The Kier molecular flexibility index (Phi) is 3.83. The van der Waals surface area contributed by atoms with Gasteiger partial charge in [-0.3, -0.25) is 4.90 Å². The Hall–Kier alpha value is -0.0800. The van der Waals surface area contributed by atoms with E-state index in [1.54, 1.807) is 0 Å². The van der Waals surface area contributed by atoms with Crippen LogP contribution in [-0.2, 0) is 0 Å². The van der Waals surface area contributed by atoms with Crippen LogP contribution >= 0.6 is 0 Å². The Labute approximate surface area is 95.4 Å². The Balaban J connectivity index is 2.88. The molecule has 2 nitrogen and oxygen atoms in total. The molecule has 0 aromatic carbocycles. The molecule has 1 aliphatic heterocycles. The summed E-state index contributed by atoms with van der Waals surface area (Å²) in [4.78, 5) is 2.69. The Morgan fingerprint density at radius 2 is 1.73 bits per heavy atom. The summed E-state index contributed by atoms with van der Waals surface area (Å²) in [6.07, 6.45) is 1.24. The molecule has 0 aromatic heterocycles. The molecule has 1 heterocycles. The average molecular weight is 212 g/mol. The van der Waals surface area contributed by atoms with Gasteiger partial charge in [0, 0.05) is 24.2 Å². The minimum absolute atomic E-state index is 0.268. The molecule has 1 fully saturated rings. The van der Waals surface area contributed by atoms with Crippen molar-refractivity contribution in [1.29, 1.82) is 0 Å². The van der Waals surface area contributed by atoms with Crippen molar-refractivity contribution in [2.24, 2.45) is 5.92 Å². The van der Waals surface area contributed by atoms with Crippen LogP contribution in [0.4, 0.5) is 0 Å². The van der Waals surface area contributed by atoms with Crippen molar-refractivity contribution in [3.8, 4) is 0 Å². The van der Waals surface area contributed by atoms with Crippen molar-refractivity contribution in [2.45, 2.75) is 59.0 Å². The maximum Gasteiger partial charge on any atom is 0.0283 e. The fraction of sp³-hybridized carbons (Fsp3) is 1.00. The van der Waals surface area contributed by atoms with Gasteiger partial charge >= 0.3 is 0 Å². The zero-order chi connectivity index (χ0) is 11.7. The van der Waals surface area contributed by atoms with Crippen LogP contribution < -0.4 is 5.32 Å². The summed E-state index contributed by atoms with van der Waals surface area (Å²) in [5.41, 5.74) is 0.585. The smallest absolute Gasteiger partial charge is 0.0283 e. The number of nitrogens with zero attached hydrogens (tertiary/aromatic N) is 1. The van der Waals surface area contributed by atoms with Gasteiger partial charge in [0.15, 0.2) is 0 Å². The minimum Gasteiger partial charge on any atom is -0.315 e. The molecule has 90 valence electrons. The van der Waals surface area contributed by atoms with Gasteiger partial charge in [0.05, 0.1) is 0 Å². The first kappa shape index (κ1) is 13.0. The molecule has 1 rings (SSSR count). The molecule has 0 unspecified atom stereocenters. The van der Waals surface area contributed by atoms with E-state index in [0.29, 0.717) is 5.54 Å². The van der Waals surface area contributed by atoms with E-state index in [0.717, 1.165) is 19.0 Å². The lowest BCUT2D eigenvalue weighted by Crippen LogP contribution is -2.57. The topological polar surface area (TPSA) is 15.3 Å². The first-order chi connectivity index (χ1) is 6.76. The molecule has 15 heavy (non-hydrogen) atoms. The number of rotatable bonds is 2. The molecule has 0 bridgehead atoms. The maximum atomic E-state index is 3.55. The van der Waals surface area contributed by atoms with E-state index in [1.807, 2.05) is 0 Å². The first-order valence-corrected chi connectivity index (χ1v) is 6.24. The third-order valence-corrected chi connectivity index (χ3v) is 3.48. The summed E-state index contributed by atoms with van der Waals surface area (Å²) < 4.78 is 0. The maximum absolute atomic E-state index is 3.55. The lowest BCUT2D eigenvalue weighted by Gasteiger charge is -2.47. The van der Waals surface area contributed by atoms with Gasteiger partial charge in [0.2, 0.25) is 0 Å². The van der Waals surface area contributed by atoms with Crippen molar-refractivity contribution in [3.63, 3.8) is 0 Å². The highest BCUT2D eigenvalue weighted by atomic mass is 15.3. The summed E-state index contributed by atoms with van der Waals surface area (Å²) in [6, 6.07) is 0. The van der Waals surface area contributed by atoms with Crippen LogP contribution in [0.2, 0.25) is 0 Å². The fourth-order valence-electron chi connectivity index (χ4n) is 2.70. The molecule has 0 aromatic rings. The summed E-state index contributed by atoms with van der Waals surface area (Å²) in [5.74, 6) is 0.738. The molecule has 0 amide bonds. The molecule has 1 saturated heterocycles. The van der Waals surface area contributed by atoms with Gasteiger partial charge in [0.1, 0.15) is 0 Å². The van der Waals surface area contributed by atoms with Crippen LogP contribution in [0.5, 0.6) is 0 Å². The largest absolute Gasteiger partial charge is 0.315 e. The molecule has 1 aliphatic rings. The van der Waals surface area contributed by atoms with Gasteiger partial charge in [0.25, 0.3) is 0 Å². The first-order valence-electron chi connectivity index (χ1n) is 6.24. The molecular formula is C13H28N2. The average Bonchev–Trinajstić information content (AvgIpc) is 2.15. The summed E-state index contributed by atoms with van der Waals surface area (Å²) >= 11 is 0. The molecule has 0 aliphatic carbocycles. The Morgan fingerprint density at radius 3 is 2.27 bits per heavy atom. The van der Waals surface area contributed by atoms with Gasteiger partial charge < -0.3 is 5.32 Å². The van der Waals surface area contributed by atoms with E-state index >= 15 is 0 Å². The molecular weight excluding hydrogens is 184 g/mol. The van der Waals surface area contributed by atoms with E-state index in [9.17, 15) is 0 Å². The monoisotopic (exact) mass is 212 g/mol. The third-order valence-electron chi connectivity index (χ3n) is 3.48. The van der Waals surface area contributed by atoms with Gasteiger partial charge in [-0.25, -0.2) is 0 Å². The predicted octanol–water partition coefficient (Wildman–Crippen LogP) is 2.49. The van der Waals surface area contributed by atoms with Crippen LogP contribution in [-0.4, -0.2) is 35.6 Å². The molecule has 1 N–H and O–H groups in total. The number of hydrogen-bond donors (Lipinski definition) is 1. The molecule has 0 saturated carbocycles. The molecule has 0 atom stereocenters. The van der Waals surface area contributed by atoms with E-state index in [1.165, 1.54) is 13.0 Å².